The van der Waals surface area contributed by atoms with E-state index in [9.17, 15) is 13.2 Å². The average molecular weight is 391 g/mol. The Morgan fingerprint density at radius 2 is 2.09 bits per heavy atom. The van der Waals surface area contributed by atoms with Gasteiger partial charge in [-0.25, -0.2) is 8.42 Å². The number of benzene rings is 1. The van der Waals surface area contributed by atoms with E-state index in [2.05, 4.69) is 15.9 Å². The molecular formula is C14H19BrN2O4S. The van der Waals surface area contributed by atoms with Crippen molar-refractivity contribution in [3.8, 4) is 5.75 Å². The highest BCUT2D eigenvalue weighted by Crippen LogP contribution is 2.31. The molecule has 0 unspecified atom stereocenters. The molecule has 1 amide bonds. The second kappa shape index (κ2) is 6.55. The first-order valence-electron chi connectivity index (χ1n) is 6.85. The SMILES string of the molecule is COc1ccc(S(=O)(=O)N2CCC[C@@H]2C(=O)N(C)C)cc1Br. The number of carbonyl (C=O) groups is 1. The molecule has 1 saturated heterocycles. The molecule has 1 aromatic carbocycles. The van der Waals surface area contributed by atoms with E-state index in [0.717, 1.165) is 0 Å². The molecule has 1 fully saturated rings. The fraction of sp³-hybridized carbons (Fsp3) is 0.500. The summed E-state index contributed by atoms with van der Waals surface area (Å²) in [6.45, 7) is 0.357. The van der Waals surface area contributed by atoms with Gasteiger partial charge in [-0.05, 0) is 47.0 Å². The maximum atomic E-state index is 12.8. The van der Waals surface area contributed by atoms with E-state index < -0.39 is 16.1 Å². The highest BCUT2D eigenvalue weighted by Gasteiger charge is 2.40. The summed E-state index contributed by atoms with van der Waals surface area (Å²) in [7, 11) is 1.07. The van der Waals surface area contributed by atoms with E-state index in [1.807, 2.05) is 0 Å². The van der Waals surface area contributed by atoms with Crippen LogP contribution in [0.5, 0.6) is 5.75 Å². The molecule has 1 aliphatic rings. The maximum absolute atomic E-state index is 12.8. The van der Waals surface area contributed by atoms with Gasteiger partial charge in [0.15, 0.2) is 0 Å². The van der Waals surface area contributed by atoms with Gasteiger partial charge in [-0.3, -0.25) is 4.79 Å². The molecular weight excluding hydrogens is 372 g/mol. The van der Waals surface area contributed by atoms with Crippen LogP contribution in [0.3, 0.4) is 0 Å². The third-order valence-corrected chi connectivity index (χ3v) is 6.18. The van der Waals surface area contributed by atoms with Crippen LogP contribution in [0.25, 0.3) is 0 Å². The number of ether oxygens (including phenoxy) is 1. The minimum Gasteiger partial charge on any atom is -0.496 e. The Morgan fingerprint density at radius 3 is 2.64 bits per heavy atom. The van der Waals surface area contributed by atoms with E-state index in [-0.39, 0.29) is 10.8 Å². The topological polar surface area (TPSA) is 66.9 Å². The zero-order valence-electron chi connectivity index (χ0n) is 12.7. The molecule has 6 nitrogen and oxygen atoms in total. The maximum Gasteiger partial charge on any atom is 0.243 e. The van der Waals surface area contributed by atoms with Crippen molar-refractivity contribution < 1.29 is 17.9 Å². The standard InChI is InChI=1S/C14H19BrN2O4S/c1-16(2)14(18)12-5-4-8-17(12)22(19,20)10-6-7-13(21-3)11(15)9-10/h6-7,9,12H,4-5,8H2,1-3H3/t12-/m1/s1. The fourth-order valence-corrected chi connectivity index (χ4v) is 4.89. The van der Waals surface area contributed by atoms with Crippen LogP contribution >= 0.6 is 15.9 Å². The van der Waals surface area contributed by atoms with Gasteiger partial charge in [0, 0.05) is 20.6 Å². The van der Waals surface area contributed by atoms with Crippen molar-refractivity contribution in [3.05, 3.63) is 22.7 Å². The van der Waals surface area contributed by atoms with Gasteiger partial charge in [0.25, 0.3) is 0 Å². The molecule has 1 aromatic rings. The minimum atomic E-state index is -3.71. The van der Waals surface area contributed by atoms with Gasteiger partial charge in [-0.15, -0.1) is 0 Å². The normalized spacial score (nSPS) is 19.2. The number of amides is 1. The lowest BCUT2D eigenvalue weighted by Gasteiger charge is -2.25. The van der Waals surface area contributed by atoms with Crippen LogP contribution in [-0.2, 0) is 14.8 Å². The first-order valence-corrected chi connectivity index (χ1v) is 9.09. The number of halogens is 1. The number of rotatable bonds is 4. The number of hydrogen-bond acceptors (Lipinski definition) is 4. The van der Waals surface area contributed by atoms with Crippen LogP contribution in [0.15, 0.2) is 27.6 Å². The zero-order chi connectivity index (χ0) is 16.5. The minimum absolute atomic E-state index is 0.152. The summed E-state index contributed by atoms with van der Waals surface area (Å²) < 4.78 is 32.6. The van der Waals surface area contributed by atoms with Crippen LogP contribution < -0.4 is 4.74 Å². The Balaban J connectivity index is 2.37. The molecule has 1 aliphatic heterocycles. The smallest absolute Gasteiger partial charge is 0.243 e. The van der Waals surface area contributed by atoms with E-state index in [0.29, 0.717) is 29.6 Å². The molecule has 0 bridgehead atoms. The molecule has 0 aliphatic carbocycles. The van der Waals surface area contributed by atoms with Crippen molar-refractivity contribution in [2.24, 2.45) is 0 Å². The average Bonchev–Trinajstić information content (AvgIpc) is 2.96. The highest BCUT2D eigenvalue weighted by molar-refractivity contribution is 9.10. The molecule has 0 aromatic heterocycles. The van der Waals surface area contributed by atoms with Crippen LogP contribution in [0.1, 0.15) is 12.8 Å². The van der Waals surface area contributed by atoms with E-state index in [1.54, 1.807) is 20.2 Å². The predicted molar refractivity (Wildman–Crippen MR) is 86.3 cm³/mol. The van der Waals surface area contributed by atoms with Gasteiger partial charge in [0.2, 0.25) is 15.9 Å². The molecule has 22 heavy (non-hydrogen) atoms. The van der Waals surface area contributed by atoms with Crippen LogP contribution in [0.4, 0.5) is 0 Å². The van der Waals surface area contributed by atoms with Crippen molar-refractivity contribution in [1.82, 2.24) is 9.21 Å². The molecule has 2 rings (SSSR count). The first-order chi connectivity index (χ1) is 10.3. The van der Waals surface area contributed by atoms with Gasteiger partial charge in [0.05, 0.1) is 16.5 Å². The monoisotopic (exact) mass is 390 g/mol. The predicted octanol–water partition coefficient (Wildman–Crippen LogP) is 1.70. The largest absolute Gasteiger partial charge is 0.496 e. The Labute approximate surface area is 139 Å². The van der Waals surface area contributed by atoms with Gasteiger partial charge in [-0.1, -0.05) is 0 Å². The Hall–Kier alpha value is -1.12. The molecule has 122 valence electrons. The van der Waals surface area contributed by atoms with Crippen molar-refractivity contribution in [1.29, 1.82) is 0 Å². The summed E-state index contributed by atoms with van der Waals surface area (Å²) >= 11 is 3.29. The number of methoxy groups -OCH3 is 1. The van der Waals surface area contributed by atoms with E-state index in [1.165, 1.54) is 28.4 Å². The molecule has 0 N–H and O–H groups in total. The lowest BCUT2D eigenvalue weighted by atomic mass is 10.2. The van der Waals surface area contributed by atoms with Gasteiger partial charge in [0.1, 0.15) is 11.8 Å². The van der Waals surface area contributed by atoms with Crippen LogP contribution in [0.2, 0.25) is 0 Å². The second-order valence-electron chi connectivity index (χ2n) is 5.30. The third-order valence-electron chi connectivity index (χ3n) is 3.66. The summed E-state index contributed by atoms with van der Waals surface area (Å²) in [6, 6.07) is 3.97. The van der Waals surface area contributed by atoms with Crippen molar-refractivity contribution in [2.45, 2.75) is 23.8 Å². The van der Waals surface area contributed by atoms with E-state index >= 15 is 0 Å². The molecule has 0 radical (unpaired) electrons. The summed E-state index contributed by atoms with van der Waals surface area (Å²) in [5.74, 6) is 0.370. The molecule has 8 heteroatoms. The Bertz CT molecular complexity index is 675. The number of nitrogens with zero attached hydrogens (tertiary/aromatic N) is 2. The number of hydrogen-bond donors (Lipinski definition) is 0. The molecule has 1 atom stereocenters. The molecule has 1 heterocycles. The second-order valence-corrected chi connectivity index (χ2v) is 8.05. The Morgan fingerprint density at radius 1 is 1.41 bits per heavy atom. The van der Waals surface area contributed by atoms with Crippen molar-refractivity contribution >= 4 is 31.9 Å². The summed E-state index contributed by atoms with van der Waals surface area (Å²) in [4.78, 5) is 13.8. The van der Waals surface area contributed by atoms with E-state index in [4.69, 9.17) is 4.74 Å². The summed E-state index contributed by atoms with van der Waals surface area (Å²) in [6.07, 6.45) is 1.23. The Kier molecular flexibility index (Phi) is 5.14. The fourth-order valence-electron chi connectivity index (χ4n) is 2.52. The number of sulfonamides is 1. The van der Waals surface area contributed by atoms with Gasteiger partial charge >= 0.3 is 0 Å². The van der Waals surface area contributed by atoms with Crippen LogP contribution in [0, 0.1) is 0 Å². The lowest BCUT2D eigenvalue weighted by molar-refractivity contribution is -0.132. The summed E-state index contributed by atoms with van der Waals surface area (Å²) in [5.41, 5.74) is 0. The van der Waals surface area contributed by atoms with Crippen molar-refractivity contribution in [2.75, 3.05) is 27.7 Å². The molecule has 0 saturated carbocycles. The zero-order valence-corrected chi connectivity index (χ0v) is 15.1. The van der Waals surface area contributed by atoms with Gasteiger partial charge < -0.3 is 9.64 Å². The van der Waals surface area contributed by atoms with Crippen LogP contribution in [-0.4, -0.2) is 57.3 Å². The van der Waals surface area contributed by atoms with Gasteiger partial charge in [-0.2, -0.15) is 4.31 Å². The first kappa shape index (κ1) is 17.2. The summed E-state index contributed by atoms with van der Waals surface area (Å²) in [5, 5.41) is 0. The number of carbonyl (C=O) groups excluding carboxylic acids is 1. The lowest BCUT2D eigenvalue weighted by Crippen LogP contribution is -2.45. The number of likely N-dealkylation sites (N-methyl/N-ethyl adjacent to an activating group) is 1. The molecule has 0 spiro atoms. The van der Waals surface area contributed by atoms with Crippen molar-refractivity contribution in [3.63, 3.8) is 0 Å². The third kappa shape index (κ3) is 3.13. The highest BCUT2D eigenvalue weighted by atomic mass is 79.9. The quantitative estimate of drug-likeness (QED) is 0.784.